The van der Waals surface area contributed by atoms with Gasteiger partial charge in [0.05, 0.1) is 5.69 Å². The molecular formula is C13H14N2O3S. The van der Waals surface area contributed by atoms with Crippen LogP contribution in [0.5, 0.6) is 0 Å². The van der Waals surface area contributed by atoms with E-state index in [9.17, 15) is 9.59 Å². The van der Waals surface area contributed by atoms with Crippen molar-refractivity contribution in [1.29, 1.82) is 0 Å². The standard InChI is InChI=1S/C13H14N2O3S/c1-7-5-8(10-12(16)14-13(17)18-10)11-9(6-7)15(2)3-4-19-11/h5-6,10H,3-4H2,1-2H3,(H,14,16,17). The Balaban J connectivity index is 2.11. The summed E-state index contributed by atoms with van der Waals surface area (Å²) in [4.78, 5) is 26.2. The zero-order chi connectivity index (χ0) is 13.6. The first-order valence-electron chi connectivity index (χ1n) is 6.06. The van der Waals surface area contributed by atoms with Crippen LogP contribution >= 0.6 is 11.8 Å². The highest BCUT2D eigenvalue weighted by molar-refractivity contribution is 7.99. The van der Waals surface area contributed by atoms with E-state index >= 15 is 0 Å². The third-order valence-corrected chi connectivity index (χ3v) is 4.42. The second-order valence-electron chi connectivity index (χ2n) is 4.75. The Bertz CT molecular complexity index is 573. The highest BCUT2D eigenvalue weighted by atomic mass is 32.2. The van der Waals surface area contributed by atoms with Crippen LogP contribution in [0.2, 0.25) is 0 Å². The highest BCUT2D eigenvalue weighted by Crippen LogP contribution is 2.41. The molecule has 2 aliphatic heterocycles. The van der Waals surface area contributed by atoms with Crippen molar-refractivity contribution in [2.75, 3.05) is 24.2 Å². The van der Waals surface area contributed by atoms with Gasteiger partial charge in [-0.1, -0.05) is 6.07 Å². The van der Waals surface area contributed by atoms with E-state index in [2.05, 4.69) is 16.3 Å². The number of ether oxygens (including phenoxy) is 1. The number of rotatable bonds is 1. The van der Waals surface area contributed by atoms with Gasteiger partial charge < -0.3 is 9.64 Å². The lowest BCUT2D eigenvalue weighted by Gasteiger charge is -2.29. The maximum absolute atomic E-state index is 11.8. The molecule has 2 heterocycles. The Morgan fingerprint density at radius 3 is 2.89 bits per heavy atom. The molecule has 1 aromatic carbocycles. The third kappa shape index (κ3) is 2.06. The fraction of sp³-hybridized carbons (Fsp3) is 0.385. The van der Waals surface area contributed by atoms with Crippen molar-refractivity contribution in [2.24, 2.45) is 0 Å². The summed E-state index contributed by atoms with van der Waals surface area (Å²) in [5, 5.41) is 2.18. The molecule has 1 saturated heterocycles. The van der Waals surface area contributed by atoms with Crippen molar-refractivity contribution in [3.8, 4) is 0 Å². The first kappa shape index (κ1) is 12.3. The van der Waals surface area contributed by atoms with Crippen LogP contribution < -0.4 is 10.2 Å². The van der Waals surface area contributed by atoms with Crippen LogP contribution in [0.4, 0.5) is 10.5 Å². The fourth-order valence-corrected chi connectivity index (χ4v) is 3.65. The lowest BCUT2D eigenvalue weighted by molar-refractivity contribution is -0.123. The van der Waals surface area contributed by atoms with Crippen LogP contribution in [0.1, 0.15) is 17.2 Å². The van der Waals surface area contributed by atoms with Crippen molar-refractivity contribution < 1.29 is 14.3 Å². The van der Waals surface area contributed by atoms with Crippen LogP contribution in [0, 0.1) is 6.92 Å². The molecule has 1 aromatic rings. The first-order valence-corrected chi connectivity index (χ1v) is 7.05. The lowest BCUT2D eigenvalue weighted by atomic mass is 10.0. The lowest BCUT2D eigenvalue weighted by Crippen LogP contribution is -2.26. The van der Waals surface area contributed by atoms with Crippen LogP contribution in [0.3, 0.4) is 0 Å². The Kier molecular flexibility index (Phi) is 2.89. The van der Waals surface area contributed by atoms with E-state index in [4.69, 9.17) is 4.74 Å². The third-order valence-electron chi connectivity index (χ3n) is 3.30. The summed E-state index contributed by atoms with van der Waals surface area (Å²) in [7, 11) is 2.03. The van der Waals surface area contributed by atoms with Gasteiger partial charge in [0.1, 0.15) is 0 Å². The zero-order valence-electron chi connectivity index (χ0n) is 10.7. The molecule has 1 atom stereocenters. The van der Waals surface area contributed by atoms with Gasteiger partial charge in [-0.3, -0.25) is 10.1 Å². The normalized spacial score (nSPS) is 22.0. The number of nitrogens with zero attached hydrogens (tertiary/aromatic N) is 1. The fourth-order valence-electron chi connectivity index (χ4n) is 2.38. The predicted molar refractivity (Wildman–Crippen MR) is 72.5 cm³/mol. The van der Waals surface area contributed by atoms with Gasteiger partial charge in [0.25, 0.3) is 5.91 Å². The monoisotopic (exact) mass is 278 g/mol. The number of hydrogen-bond donors (Lipinski definition) is 1. The van der Waals surface area contributed by atoms with Crippen molar-refractivity contribution in [3.05, 3.63) is 23.3 Å². The van der Waals surface area contributed by atoms with Crippen molar-refractivity contribution in [3.63, 3.8) is 0 Å². The summed E-state index contributed by atoms with van der Waals surface area (Å²) in [5.74, 6) is 0.577. The van der Waals surface area contributed by atoms with Gasteiger partial charge in [-0.25, -0.2) is 4.79 Å². The molecule has 1 unspecified atom stereocenters. The Morgan fingerprint density at radius 1 is 1.42 bits per heavy atom. The number of amides is 2. The maximum Gasteiger partial charge on any atom is 0.415 e. The molecule has 0 aromatic heterocycles. The topological polar surface area (TPSA) is 58.6 Å². The number of benzene rings is 1. The van der Waals surface area contributed by atoms with E-state index in [0.717, 1.165) is 34.0 Å². The Labute approximate surface area is 115 Å². The Morgan fingerprint density at radius 2 is 2.21 bits per heavy atom. The van der Waals surface area contributed by atoms with E-state index in [1.165, 1.54) is 0 Å². The minimum Gasteiger partial charge on any atom is -0.431 e. The molecular weight excluding hydrogens is 264 g/mol. The van der Waals surface area contributed by atoms with Crippen molar-refractivity contribution >= 4 is 29.4 Å². The molecule has 0 bridgehead atoms. The summed E-state index contributed by atoms with van der Waals surface area (Å²) in [6, 6.07) is 4.02. The second kappa shape index (κ2) is 4.45. The number of aryl methyl sites for hydroxylation is 1. The van der Waals surface area contributed by atoms with Gasteiger partial charge in [0, 0.05) is 29.8 Å². The summed E-state index contributed by atoms with van der Waals surface area (Å²) in [5.41, 5.74) is 2.94. The quantitative estimate of drug-likeness (QED) is 0.849. The highest BCUT2D eigenvalue weighted by Gasteiger charge is 2.36. The second-order valence-corrected chi connectivity index (χ2v) is 5.85. The average Bonchev–Trinajstić information content (AvgIpc) is 2.69. The molecule has 100 valence electrons. The molecule has 3 rings (SSSR count). The van der Waals surface area contributed by atoms with Crippen molar-refractivity contribution in [1.82, 2.24) is 5.32 Å². The molecule has 2 aliphatic rings. The van der Waals surface area contributed by atoms with Gasteiger partial charge in [0.15, 0.2) is 0 Å². The number of fused-ring (bicyclic) bond motifs is 1. The van der Waals surface area contributed by atoms with E-state index in [-0.39, 0.29) is 5.91 Å². The predicted octanol–water partition coefficient (Wildman–Crippen LogP) is 1.84. The molecule has 0 saturated carbocycles. The Hall–Kier alpha value is -1.69. The molecule has 19 heavy (non-hydrogen) atoms. The minimum absolute atomic E-state index is 0.383. The number of carbonyl (C=O) groups is 2. The number of carbonyl (C=O) groups excluding carboxylic acids is 2. The van der Waals surface area contributed by atoms with Gasteiger partial charge in [0.2, 0.25) is 6.10 Å². The largest absolute Gasteiger partial charge is 0.431 e. The molecule has 0 aliphatic carbocycles. The molecule has 0 spiro atoms. The zero-order valence-corrected chi connectivity index (χ0v) is 11.5. The van der Waals surface area contributed by atoms with Crippen LogP contribution in [0.15, 0.2) is 17.0 Å². The molecule has 1 N–H and O–H groups in total. The van der Waals surface area contributed by atoms with Crippen LogP contribution in [-0.2, 0) is 9.53 Å². The number of imide groups is 1. The summed E-state index contributed by atoms with van der Waals surface area (Å²) in [6.07, 6.45) is -1.49. The maximum atomic E-state index is 11.8. The van der Waals surface area contributed by atoms with Gasteiger partial charge >= 0.3 is 6.09 Å². The summed E-state index contributed by atoms with van der Waals surface area (Å²) < 4.78 is 5.08. The molecule has 6 heteroatoms. The SMILES string of the molecule is Cc1cc(C2OC(=O)NC2=O)c2c(c1)N(C)CCS2. The molecule has 2 amide bonds. The number of alkyl carbamates (subject to hydrolysis) is 1. The van der Waals surface area contributed by atoms with Gasteiger partial charge in [-0.2, -0.15) is 0 Å². The number of thioether (sulfide) groups is 1. The average molecular weight is 278 g/mol. The molecule has 5 nitrogen and oxygen atoms in total. The number of cyclic esters (lactones) is 1. The minimum atomic E-state index is -0.819. The van der Waals surface area contributed by atoms with E-state index in [1.807, 2.05) is 20.0 Å². The van der Waals surface area contributed by atoms with Crippen LogP contribution in [0.25, 0.3) is 0 Å². The van der Waals surface area contributed by atoms with Crippen LogP contribution in [-0.4, -0.2) is 31.3 Å². The number of nitrogens with one attached hydrogen (secondary N) is 1. The van der Waals surface area contributed by atoms with Crippen molar-refractivity contribution in [2.45, 2.75) is 17.9 Å². The number of hydrogen-bond acceptors (Lipinski definition) is 5. The first-order chi connectivity index (χ1) is 9.06. The number of anilines is 1. The summed E-state index contributed by atoms with van der Waals surface area (Å²) in [6.45, 7) is 2.95. The van der Waals surface area contributed by atoms with E-state index in [0.29, 0.717) is 0 Å². The van der Waals surface area contributed by atoms with E-state index < -0.39 is 12.2 Å². The van der Waals surface area contributed by atoms with Gasteiger partial charge in [-0.05, 0) is 18.6 Å². The smallest absolute Gasteiger partial charge is 0.415 e. The molecule has 1 fully saturated rings. The van der Waals surface area contributed by atoms with Gasteiger partial charge in [-0.15, -0.1) is 11.8 Å². The van der Waals surface area contributed by atoms with E-state index in [1.54, 1.807) is 11.8 Å². The summed E-state index contributed by atoms with van der Waals surface area (Å²) >= 11 is 1.70. The molecule has 0 radical (unpaired) electrons.